The van der Waals surface area contributed by atoms with Gasteiger partial charge in [0.15, 0.2) is 0 Å². The van der Waals surface area contributed by atoms with E-state index in [-0.39, 0.29) is 11.7 Å². The van der Waals surface area contributed by atoms with Gasteiger partial charge in [-0.15, -0.1) is 0 Å². The molecule has 0 radical (unpaired) electrons. The van der Waals surface area contributed by atoms with E-state index in [0.29, 0.717) is 49.5 Å². The normalized spacial score (nSPS) is 16.0. The predicted octanol–water partition coefficient (Wildman–Crippen LogP) is 4.57. The number of hydrogen-bond donors (Lipinski definition) is 1. The molecule has 0 spiro atoms. The summed E-state index contributed by atoms with van der Waals surface area (Å²) >= 11 is 0. The van der Waals surface area contributed by atoms with Crippen molar-refractivity contribution < 1.29 is 23.0 Å². The molecule has 3 rings (SSSR count). The van der Waals surface area contributed by atoms with Crippen LogP contribution in [0.5, 0.6) is 11.5 Å². The van der Waals surface area contributed by atoms with Crippen LogP contribution in [-0.2, 0) is 0 Å². The third kappa shape index (κ3) is 5.61. The molecule has 2 aromatic carbocycles. The van der Waals surface area contributed by atoms with Gasteiger partial charge >= 0.3 is 6.61 Å². The minimum Gasteiger partial charge on any atom is -0.491 e. The van der Waals surface area contributed by atoms with E-state index >= 15 is 0 Å². The fourth-order valence-corrected chi connectivity index (χ4v) is 3.62. The molecule has 0 aromatic heterocycles. The van der Waals surface area contributed by atoms with E-state index in [1.54, 1.807) is 29.2 Å². The molecule has 0 saturated carbocycles. The molecule has 1 heterocycles. The number of fused-ring (bicyclic) bond motifs is 1. The fraction of sp³-hybridized carbons (Fsp3) is 0.375. The van der Waals surface area contributed by atoms with Crippen LogP contribution in [0.15, 0.2) is 48.5 Å². The standard InChI is InChI=1S/C24H28F2N2O3/c1-3-28(4-2)23(29)18-12-10-17(11-13-18)19-7-6-14-27-15-16-30-20-8-5-9-21(22(19)20)31-24(25)26/h5,7-13,24,27H,3-4,6,14-16H2,1-2H3/b19-7-. The van der Waals surface area contributed by atoms with Crippen LogP contribution in [0.4, 0.5) is 8.78 Å². The Morgan fingerprint density at radius 2 is 1.87 bits per heavy atom. The van der Waals surface area contributed by atoms with Crippen LogP contribution < -0.4 is 14.8 Å². The number of amides is 1. The Balaban J connectivity index is 2.04. The van der Waals surface area contributed by atoms with E-state index in [1.807, 2.05) is 32.1 Å². The van der Waals surface area contributed by atoms with E-state index < -0.39 is 6.61 Å². The second-order valence-corrected chi connectivity index (χ2v) is 7.07. The van der Waals surface area contributed by atoms with Gasteiger partial charge in [-0.2, -0.15) is 8.78 Å². The molecule has 0 aliphatic carbocycles. The maximum Gasteiger partial charge on any atom is 0.387 e. The highest BCUT2D eigenvalue weighted by Gasteiger charge is 2.21. The Morgan fingerprint density at radius 3 is 2.55 bits per heavy atom. The molecule has 0 fully saturated rings. The molecule has 31 heavy (non-hydrogen) atoms. The topological polar surface area (TPSA) is 50.8 Å². The smallest absolute Gasteiger partial charge is 0.387 e. The van der Waals surface area contributed by atoms with Crippen molar-refractivity contribution in [2.75, 3.05) is 32.8 Å². The Morgan fingerprint density at radius 1 is 1.13 bits per heavy atom. The molecule has 0 bridgehead atoms. The fourth-order valence-electron chi connectivity index (χ4n) is 3.62. The van der Waals surface area contributed by atoms with E-state index in [9.17, 15) is 13.6 Å². The molecular weight excluding hydrogens is 402 g/mol. The van der Waals surface area contributed by atoms with Crippen molar-refractivity contribution in [2.24, 2.45) is 0 Å². The third-order valence-corrected chi connectivity index (χ3v) is 5.17. The van der Waals surface area contributed by atoms with Crippen LogP contribution in [-0.4, -0.2) is 50.2 Å². The average molecular weight is 430 g/mol. The largest absolute Gasteiger partial charge is 0.491 e. The summed E-state index contributed by atoms with van der Waals surface area (Å²) in [5.74, 6) is 0.512. The number of benzene rings is 2. The van der Waals surface area contributed by atoms with Gasteiger partial charge in [0, 0.05) is 25.2 Å². The zero-order chi connectivity index (χ0) is 22.2. The number of carbonyl (C=O) groups is 1. The lowest BCUT2D eigenvalue weighted by atomic mass is 9.94. The van der Waals surface area contributed by atoms with Crippen molar-refractivity contribution in [3.63, 3.8) is 0 Å². The highest BCUT2D eigenvalue weighted by atomic mass is 19.3. The Kier molecular flexibility index (Phi) is 8.00. The monoisotopic (exact) mass is 430 g/mol. The zero-order valence-electron chi connectivity index (χ0n) is 17.9. The SMILES string of the molecule is CCN(CC)C(=O)c1ccc(/C2=C/CCNCCOc3cccc(OC(F)F)c32)cc1. The number of carbonyl (C=O) groups excluding carboxylic acids is 1. The van der Waals surface area contributed by atoms with Crippen LogP contribution >= 0.6 is 0 Å². The summed E-state index contributed by atoms with van der Waals surface area (Å²) in [5.41, 5.74) is 2.61. The second kappa shape index (κ2) is 10.9. The molecule has 7 heteroatoms. The van der Waals surface area contributed by atoms with Gasteiger partial charge in [0.05, 0.1) is 5.56 Å². The highest BCUT2D eigenvalue weighted by Crippen LogP contribution is 2.39. The van der Waals surface area contributed by atoms with Crippen LogP contribution in [0.3, 0.4) is 0 Å². The lowest BCUT2D eigenvalue weighted by Gasteiger charge is -2.21. The van der Waals surface area contributed by atoms with Crippen LogP contribution in [0.1, 0.15) is 41.8 Å². The zero-order valence-corrected chi connectivity index (χ0v) is 17.9. The minimum atomic E-state index is -2.95. The van der Waals surface area contributed by atoms with Gasteiger partial charge in [-0.25, -0.2) is 0 Å². The second-order valence-electron chi connectivity index (χ2n) is 7.07. The van der Waals surface area contributed by atoms with Crippen molar-refractivity contribution in [1.29, 1.82) is 0 Å². The lowest BCUT2D eigenvalue weighted by Crippen LogP contribution is -2.30. The number of ether oxygens (including phenoxy) is 2. The number of alkyl halides is 2. The van der Waals surface area contributed by atoms with Gasteiger partial charge in [-0.05, 0) is 62.2 Å². The van der Waals surface area contributed by atoms with Crippen molar-refractivity contribution >= 4 is 11.5 Å². The molecule has 2 aromatic rings. The van der Waals surface area contributed by atoms with Gasteiger partial charge in [-0.1, -0.05) is 24.3 Å². The quantitative estimate of drug-likeness (QED) is 0.729. The molecule has 1 aliphatic rings. The Bertz CT molecular complexity index is 910. The summed E-state index contributed by atoms with van der Waals surface area (Å²) in [6, 6.07) is 12.1. The third-order valence-electron chi connectivity index (χ3n) is 5.17. The maximum absolute atomic E-state index is 13.1. The summed E-state index contributed by atoms with van der Waals surface area (Å²) in [6.07, 6.45) is 2.69. The summed E-state index contributed by atoms with van der Waals surface area (Å²) < 4.78 is 36.9. The van der Waals surface area contributed by atoms with Crippen molar-refractivity contribution in [3.8, 4) is 11.5 Å². The molecular formula is C24H28F2N2O3. The number of nitrogens with one attached hydrogen (secondary N) is 1. The van der Waals surface area contributed by atoms with E-state index in [4.69, 9.17) is 9.47 Å². The summed E-state index contributed by atoms with van der Waals surface area (Å²) in [6.45, 7) is 4.01. The molecule has 1 aliphatic heterocycles. The number of nitrogens with zero attached hydrogens (tertiary/aromatic N) is 1. The van der Waals surface area contributed by atoms with Gasteiger partial charge in [-0.3, -0.25) is 4.79 Å². The Labute approximate surface area is 181 Å². The summed E-state index contributed by atoms with van der Waals surface area (Å²) in [4.78, 5) is 14.4. The van der Waals surface area contributed by atoms with Crippen LogP contribution in [0.25, 0.3) is 5.57 Å². The van der Waals surface area contributed by atoms with Crippen molar-refractivity contribution in [3.05, 3.63) is 65.2 Å². The predicted molar refractivity (Wildman–Crippen MR) is 117 cm³/mol. The molecule has 5 nitrogen and oxygen atoms in total. The van der Waals surface area contributed by atoms with E-state index in [1.165, 1.54) is 6.07 Å². The molecule has 0 atom stereocenters. The first kappa shape index (κ1) is 22.7. The summed E-state index contributed by atoms with van der Waals surface area (Å²) in [5, 5.41) is 3.28. The number of rotatable bonds is 6. The summed E-state index contributed by atoms with van der Waals surface area (Å²) in [7, 11) is 0. The number of hydrogen-bond acceptors (Lipinski definition) is 4. The van der Waals surface area contributed by atoms with E-state index in [0.717, 1.165) is 17.7 Å². The minimum absolute atomic E-state index is 0.0360. The lowest BCUT2D eigenvalue weighted by molar-refractivity contribution is -0.0501. The van der Waals surface area contributed by atoms with Crippen LogP contribution in [0, 0.1) is 0 Å². The maximum atomic E-state index is 13.1. The molecule has 0 saturated heterocycles. The van der Waals surface area contributed by atoms with Gasteiger partial charge in [0.2, 0.25) is 0 Å². The average Bonchev–Trinajstić information content (AvgIpc) is 2.77. The molecule has 1 N–H and O–H groups in total. The molecule has 166 valence electrons. The first-order valence-corrected chi connectivity index (χ1v) is 10.6. The van der Waals surface area contributed by atoms with Crippen molar-refractivity contribution in [1.82, 2.24) is 10.2 Å². The van der Waals surface area contributed by atoms with E-state index in [2.05, 4.69) is 5.32 Å². The van der Waals surface area contributed by atoms with Gasteiger partial charge in [0.1, 0.15) is 18.1 Å². The Hall–Kier alpha value is -2.93. The van der Waals surface area contributed by atoms with Gasteiger partial charge in [0.25, 0.3) is 5.91 Å². The van der Waals surface area contributed by atoms with Gasteiger partial charge < -0.3 is 19.7 Å². The number of halogens is 2. The first-order chi connectivity index (χ1) is 15.0. The highest BCUT2D eigenvalue weighted by molar-refractivity contribution is 5.95. The molecule has 0 unspecified atom stereocenters. The first-order valence-electron chi connectivity index (χ1n) is 10.6. The molecule has 1 amide bonds. The van der Waals surface area contributed by atoms with Crippen LogP contribution in [0.2, 0.25) is 0 Å². The van der Waals surface area contributed by atoms with Crippen molar-refractivity contribution in [2.45, 2.75) is 26.9 Å².